The Labute approximate surface area is 122 Å². The van der Waals surface area contributed by atoms with Gasteiger partial charge in [-0.2, -0.15) is 0 Å². The number of rotatable bonds is 3. The molecule has 1 saturated heterocycles. The molecule has 1 unspecified atom stereocenters. The van der Waals surface area contributed by atoms with Crippen molar-refractivity contribution in [1.82, 2.24) is 4.90 Å². The van der Waals surface area contributed by atoms with Crippen LogP contribution in [0.4, 0.5) is 0 Å². The van der Waals surface area contributed by atoms with Gasteiger partial charge in [-0.15, -0.1) is 0 Å². The summed E-state index contributed by atoms with van der Waals surface area (Å²) in [5.41, 5.74) is 0.991. The van der Waals surface area contributed by atoms with Gasteiger partial charge in [0.1, 0.15) is 0 Å². The number of ether oxygens (including phenoxy) is 1. The van der Waals surface area contributed by atoms with E-state index in [2.05, 4.69) is 0 Å². The molecular weight excluding hydrogens is 302 g/mol. The van der Waals surface area contributed by atoms with E-state index < -0.39 is 9.05 Å². The van der Waals surface area contributed by atoms with E-state index in [1.165, 1.54) is 12.1 Å². The van der Waals surface area contributed by atoms with Crippen LogP contribution >= 0.6 is 10.7 Å². The number of carbonyl (C=O) groups is 1. The van der Waals surface area contributed by atoms with Crippen LogP contribution in [-0.4, -0.2) is 45.5 Å². The van der Waals surface area contributed by atoms with Crippen LogP contribution in [0.15, 0.2) is 23.1 Å². The van der Waals surface area contributed by atoms with Crippen molar-refractivity contribution in [2.45, 2.75) is 24.3 Å². The average molecular weight is 318 g/mol. The number of likely N-dealkylation sites (N-methyl/N-ethyl adjacent to an activating group) is 1. The van der Waals surface area contributed by atoms with E-state index in [0.717, 1.165) is 6.42 Å². The van der Waals surface area contributed by atoms with Crippen molar-refractivity contribution in [2.75, 3.05) is 20.3 Å². The molecular formula is C13H16ClNO4S. The van der Waals surface area contributed by atoms with Gasteiger partial charge in [-0.05, 0) is 37.1 Å². The van der Waals surface area contributed by atoms with Crippen molar-refractivity contribution in [3.05, 3.63) is 29.3 Å². The molecule has 20 heavy (non-hydrogen) atoms. The minimum Gasteiger partial charge on any atom is -0.379 e. The third kappa shape index (κ3) is 3.31. The lowest BCUT2D eigenvalue weighted by atomic mass is 10.1. The maximum Gasteiger partial charge on any atom is 0.261 e. The molecule has 1 fully saturated rings. The summed E-state index contributed by atoms with van der Waals surface area (Å²) in [5, 5.41) is 0. The van der Waals surface area contributed by atoms with E-state index in [9.17, 15) is 13.2 Å². The highest BCUT2D eigenvalue weighted by atomic mass is 35.7. The molecule has 0 bridgehead atoms. The Bertz CT molecular complexity index is 623. The predicted molar refractivity (Wildman–Crippen MR) is 75.5 cm³/mol. The number of hydrogen-bond acceptors (Lipinski definition) is 4. The summed E-state index contributed by atoms with van der Waals surface area (Å²) in [6.07, 6.45) is 0.786. The summed E-state index contributed by atoms with van der Waals surface area (Å²) >= 11 is 0. The number of hydrogen-bond donors (Lipinski definition) is 0. The number of amides is 1. The molecule has 1 aliphatic rings. The largest absolute Gasteiger partial charge is 0.379 e. The maximum atomic E-state index is 12.4. The first-order valence-electron chi connectivity index (χ1n) is 6.20. The highest BCUT2D eigenvalue weighted by molar-refractivity contribution is 8.13. The molecule has 0 radical (unpaired) electrons. The van der Waals surface area contributed by atoms with E-state index in [-0.39, 0.29) is 16.8 Å². The van der Waals surface area contributed by atoms with Crippen LogP contribution in [0.1, 0.15) is 22.3 Å². The highest BCUT2D eigenvalue weighted by Crippen LogP contribution is 2.21. The van der Waals surface area contributed by atoms with Crippen LogP contribution in [0.25, 0.3) is 0 Å². The SMILES string of the molecule is Cc1cc(C(=O)N(C)C2CCOC2)cc(S(=O)(=O)Cl)c1. The summed E-state index contributed by atoms with van der Waals surface area (Å²) in [6, 6.07) is 4.43. The van der Waals surface area contributed by atoms with Crippen molar-refractivity contribution in [3.8, 4) is 0 Å². The quantitative estimate of drug-likeness (QED) is 0.797. The van der Waals surface area contributed by atoms with Gasteiger partial charge in [-0.25, -0.2) is 8.42 Å². The minimum atomic E-state index is -3.85. The van der Waals surface area contributed by atoms with Gasteiger partial charge in [0.15, 0.2) is 0 Å². The number of halogens is 1. The standard InChI is InChI=1S/C13H16ClNO4S/c1-9-5-10(7-12(6-9)20(14,17)18)13(16)15(2)11-3-4-19-8-11/h5-7,11H,3-4,8H2,1-2H3. The highest BCUT2D eigenvalue weighted by Gasteiger charge is 2.25. The van der Waals surface area contributed by atoms with Crippen LogP contribution in [0.3, 0.4) is 0 Å². The number of aryl methyl sites for hydroxylation is 1. The summed E-state index contributed by atoms with van der Waals surface area (Å²) < 4.78 is 28.1. The lowest BCUT2D eigenvalue weighted by Gasteiger charge is -2.23. The Kier molecular flexibility index (Phi) is 4.36. The molecule has 1 aliphatic heterocycles. The third-order valence-corrected chi connectivity index (χ3v) is 4.69. The van der Waals surface area contributed by atoms with Gasteiger partial charge < -0.3 is 9.64 Å². The van der Waals surface area contributed by atoms with Crippen LogP contribution in [0.5, 0.6) is 0 Å². The average Bonchev–Trinajstić information content (AvgIpc) is 2.89. The predicted octanol–water partition coefficient (Wildman–Crippen LogP) is 1.78. The van der Waals surface area contributed by atoms with Gasteiger partial charge in [0.2, 0.25) is 0 Å². The van der Waals surface area contributed by atoms with Crippen molar-refractivity contribution in [3.63, 3.8) is 0 Å². The lowest BCUT2D eigenvalue weighted by Crippen LogP contribution is -2.37. The molecule has 0 spiro atoms. The zero-order valence-electron chi connectivity index (χ0n) is 11.3. The molecule has 0 saturated carbocycles. The molecule has 7 heteroatoms. The van der Waals surface area contributed by atoms with Gasteiger partial charge in [-0.1, -0.05) is 0 Å². The Morgan fingerprint density at radius 1 is 1.40 bits per heavy atom. The Hall–Kier alpha value is -1.11. The normalized spacial score (nSPS) is 19.1. The second-order valence-corrected chi connectivity index (χ2v) is 7.47. The second-order valence-electron chi connectivity index (χ2n) is 4.91. The van der Waals surface area contributed by atoms with Gasteiger partial charge in [-0.3, -0.25) is 4.79 Å². The molecule has 0 aromatic heterocycles. The van der Waals surface area contributed by atoms with E-state index in [0.29, 0.717) is 24.3 Å². The Morgan fingerprint density at radius 2 is 2.10 bits per heavy atom. The van der Waals surface area contributed by atoms with Crippen molar-refractivity contribution < 1.29 is 17.9 Å². The molecule has 2 rings (SSSR count). The van der Waals surface area contributed by atoms with E-state index in [4.69, 9.17) is 15.4 Å². The molecule has 1 aromatic rings. The fraction of sp³-hybridized carbons (Fsp3) is 0.462. The lowest BCUT2D eigenvalue weighted by molar-refractivity contribution is 0.0711. The minimum absolute atomic E-state index is 0.0269. The van der Waals surface area contributed by atoms with Crippen molar-refractivity contribution in [2.24, 2.45) is 0 Å². The van der Waals surface area contributed by atoms with Crippen molar-refractivity contribution >= 4 is 25.6 Å². The zero-order chi connectivity index (χ0) is 14.9. The second kappa shape index (κ2) is 5.71. The molecule has 110 valence electrons. The smallest absolute Gasteiger partial charge is 0.261 e. The first-order valence-corrected chi connectivity index (χ1v) is 8.51. The number of nitrogens with zero attached hydrogens (tertiary/aromatic N) is 1. The van der Waals surface area contributed by atoms with E-state index in [1.807, 2.05) is 0 Å². The molecule has 1 amide bonds. The van der Waals surface area contributed by atoms with Gasteiger partial charge in [0, 0.05) is 29.9 Å². The van der Waals surface area contributed by atoms with Gasteiger partial charge in [0.25, 0.3) is 15.0 Å². The summed E-state index contributed by atoms with van der Waals surface area (Å²) in [4.78, 5) is 13.9. The molecule has 0 aliphatic carbocycles. The van der Waals surface area contributed by atoms with Crippen LogP contribution in [0, 0.1) is 6.92 Å². The van der Waals surface area contributed by atoms with Gasteiger partial charge >= 0.3 is 0 Å². The zero-order valence-corrected chi connectivity index (χ0v) is 12.9. The molecule has 0 N–H and O–H groups in total. The molecule has 1 aromatic carbocycles. The topological polar surface area (TPSA) is 63.7 Å². The number of benzene rings is 1. The van der Waals surface area contributed by atoms with E-state index in [1.54, 1.807) is 24.9 Å². The first kappa shape index (κ1) is 15.3. The van der Waals surface area contributed by atoms with Gasteiger partial charge in [0.05, 0.1) is 17.5 Å². The third-order valence-electron chi connectivity index (χ3n) is 3.35. The Morgan fingerprint density at radius 3 is 2.65 bits per heavy atom. The molecule has 5 nitrogen and oxygen atoms in total. The van der Waals surface area contributed by atoms with Crippen molar-refractivity contribution in [1.29, 1.82) is 0 Å². The molecule has 1 heterocycles. The fourth-order valence-electron chi connectivity index (χ4n) is 2.21. The monoisotopic (exact) mass is 317 g/mol. The fourth-order valence-corrected chi connectivity index (χ4v) is 3.07. The Balaban J connectivity index is 2.32. The maximum absolute atomic E-state index is 12.4. The summed E-state index contributed by atoms with van der Waals surface area (Å²) in [5.74, 6) is -0.231. The molecule has 1 atom stereocenters. The van der Waals surface area contributed by atoms with Crippen LogP contribution < -0.4 is 0 Å². The van der Waals surface area contributed by atoms with Crippen LogP contribution in [-0.2, 0) is 13.8 Å². The van der Waals surface area contributed by atoms with Crippen LogP contribution in [0.2, 0.25) is 0 Å². The first-order chi connectivity index (χ1) is 9.29. The number of carbonyl (C=O) groups excluding carboxylic acids is 1. The summed E-state index contributed by atoms with van der Waals surface area (Å²) in [7, 11) is 3.19. The summed E-state index contributed by atoms with van der Waals surface area (Å²) in [6.45, 7) is 2.87. The van der Waals surface area contributed by atoms with E-state index >= 15 is 0 Å².